The molecule has 3 aromatic rings. The first-order valence-electron chi connectivity index (χ1n) is 6.56. The third-order valence-corrected chi connectivity index (χ3v) is 5.14. The molecule has 0 saturated heterocycles. The minimum absolute atomic E-state index is 0.772. The normalized spacial score (nSPS) is 10.5. The molecule has 0 N–H and O–H groups in total. The van der Waals surface area contributed by atoms with Crippen LogP contribution in [0, 0.1) is 0 Å². The van der Waals surface area contributed by atoms with E-state index in [1.165, 1.54) is 19.6 Å². The first-order valence-corrected chi connectivity index (χ1v) is 8.57. The standard InChI is InChI=1S/C18H13ClS2/c19-14-6-8-16(9-7-14)21-18-12-10-17(11-13-18)20-15-4-2-1-3-5-15/h1-13H. The van der Waals surface area contributed by atoms with Crippen LogP contribution in [-0.2, 0) is 0 Å². The summed E-state index contributed by atoms with van der Waals surface area (Å²) in [5.74, 6) is 0. The second-order valence-corrected chi connectivity index (χ2v) is 7.17. The summed E-state index contributed by atoms with van der Waals surface area (Å²) in [6.07, 6.45) is 0. The van der Waals surface area contributed by atoms with Gasteiger partial charge < -0.3 is 0 Å². The maximum absolute atomic E-state index is 5.90. The van der Waals surface area contributed by atoms with Crippen molar-refractivity contribution in [3.63, 3.8) is 0 Å². The molecule has 3 aromatic carbocycles. The maximum atomic E-state index is 5.90. The largest absolute Gasteiger partial charge is 0.0901 e. The molecule has 0 saturated carbocycles. The molecular weight excluding hydrogens is 316 g/mol. The van der Waals surface area contributed by atoms with Crippen LogP contribution >= 0.6 is 35.1 Å². The van der Waals surface area contributed by atoms with Crippen molar-refractivity contribution in [3.05, 3.63) is 83.9 Å². The highest BCUT2D eigenvalue weighted by Gasteiger charge is 2.00. The van der Waals surface area contributed by atoms with E-state index in [1.807, 2.05) is 30.3 Å². The van der Waals surface area contributed by atoms with Crippen molar-refractivity contribution in [1.29, 1.82) is 0 Å². The molecule has 0 bridgehead atoms. The average molecular weight is 329 g/mol. The van der Waals surface area contributed by atoms with Gasteiger partial charge in [-0.25, -0.2) is 0 Å². The molecule has 0 amide bonds. The zero-order chi connectivity index (χ0) is 14.5. The summed E-state index contributed by atoms with van der Waals surface area (Å²) in [5, 5.41) is 0.772. The third-order valence-electron chi connectivity index (χ3n) is 2.85. The molecule has 0 heterocycles. The van der Waals surface area contributed by atoms with E-state index in [1.54, 1.807) is 23.5 Å². The van der Waals surface area contributed by atoms with Crippen molar-refractivity contribution in [2.75, 3.05) is 0 Å². The van der Waals surface area contributed by atoms with Crippen LogP contribution in [-0.4, -0.2) is 0 Å². The fourth-order valence-corrected chi connectivity index (χ4v) is 3.62. The van der Waals surface area contributed by atoms with Crippen LogP contribution in [0.5, 0.6) is 0 Å². The molecule has 0 aliphatic carbocycles. The monoisotopic (exact) mass is 328 g/mol. The van der Waals surface area contributed by atoms with E-state index in [4.69, 9.17) is 11.6 Å². The zero-order valence-corrected chi connectivity index (χ0v) is 13.6. The van der Waals surface area contributed by atoms with Gasteiger partial charge in [-0.2, -0.15) is 0 Å². The van der Waals surface area contributed by atoms with Gasteiger partial charge in [0.1, 0.15) is 0 Å². The molecule has 0 radical (unpaired) electrons. The molecule has 0 atom stereocenters. The van der Waals surface area contributed by atoms with Gasteiger partial charge in [-0.05, 0) is 60.7 Å². The first kappa shape index (κ1) is 14.6. The highest BCUT2D eigenvalue weighted by molar-refractivity contribution is 7.99. The Morgan fingerprint density at radius 3 is 1.33 bits per heavy atom. The quantitative estimate of drug-likeness (QED) is 0.526. The second-order valence-electron chi connectivity index (χ2n) is 4.44. The van der Waals surface area contributed by atoms with Crippen molar-refractivity contribution in [2.24, 2.45) is 0 Å². The van der Waals surface area contributed by atoms with Crippen molar-refractivity contribution in [2.45, 2.75) is 19.6 Å². The van der Waals surface area contributed by atoms with E-state index < -0.39 is 0 Å². The molecule has 0 spiro atoms. The smallest absolute Gasteiger partial charge is 0.0406 e. The Morgan fingerprint density at radius 1 is 0.476 bits per heavy atom. The minimum atomic E-state index is 0.772. The predicted octanol–water partition coefficient (Wildman–Crippen LogP) is 6.64. The van der Waals surface area contributed by atoms with Crippen molar-refractivity contribution in [1.82, 2.24) is 0 Å². The van der Waals surface area contributed by atoms with Crippen LogP contribution in [0.15, 0.2) is 98.4 Å². The number of halogens is 1. The number of hydrogen-bond donors (Lipinski definition) is 0. The minimum Gasteiger partial charge on any atom is -0.0901 e. The van der Waals surface area contributed by atoms with E-state index in [2.05, 4.69) is 48.5 Å². The Balaban J connectivity index is 1.68. The van der Waals surface area contributed by atoms with Gasteiger partial charge >= 0.3 is 0 Å². The SMILES string of the molecule is Clc1ccc(Sc2ccc(Sc3ccccc3)cc2)cc1. The third kappa shape index (κ3) is 4.31. The van der Waals surface area contributed by atoms with Gasteiger partial charge in [0, 0.05) is 24.6 Å². The Bertz CT molecular complexity index is 692. The van der Waals surface area contributed by atoms with Gasteiger partial charge in [0.25, 0.3) is 0 Å². The van der Waals surface area contributed by atoms with Gasteiger partial charge in [-0.1, -0.05) is 53.3 Å². The average Bonchev–Trinajstić information content (AvgIpc) is 2.53. The fraction of sp³-hybridized carbons (Fsp3) is 0. The van der Waals surface area contributed by atoms with Crippen LogP contribution in [0.3, 0.4) is 0 Å². The van der Waals surface area contributed by atoms with Gasteiger partial charge in [-0.3, -0.25) is 0 Å². The summed E-state index contributed by atoms with van der Waals surface area (Å²) in [4.78, 5) is 4.94. The van der Waals surface area contributed by atoms with Gasteiger partial charge in [0.05, 0.1) is 0 Å². The highest BCUT2D eigenvalue weighted by Crippen LogP contribution is 2.32. The molecule has 0 fully saturated rings. The molecule has 21 heavy (non-hydrogen) atoms. The number of rotatable bonds is 4. The van der Waals surface area contributed by atoms with E-state index in [0.29, 0.717) is 0 Å². The number of benzene rings is 3. The molecule has 3 heteroatoms. The molecule has 0 aliphatic rings. The maximum Gasteiger partial charge on any atom is 0.0406 e. The van der Waals surface area contributed by atoms with Crippen molar-refractivity contribution >= 4 is 35.1 Å². The van der Waals surface area contributed by atoms with E-state index in [-0.39, 0.29) is 0 Å². The van der Waals surface area contributed by atoms with E-state index in [0.717, 1.165) is 5.02 Å². The molecule has 0 aliphatic heterocycles. The van der Waals surface area contributed by atoms with Crippen LogP contribution in [0.25, 0.3) is 0 Å². The lowest BCUT2D eigenvalue weighted by Crippen LogP contribution is -1.76. The van der Waals surface area contributed by atoms with Crippen LogP contribution in [0.2, 0.25) is 5.02 Å². The second kappa shape index (κ2) is 7.08. The zero-order valence-electron chi connectivity index (χ0n) is 11.2. The highest BCUT2D eigenvalue weighted by atomic mass is 35.5. The summed E-state index contributed by atoms with van der Waals surface area (Å²) < 4.78 is 0. The van der Waals surface area contributed by atoms with Crippen molar-refractivity contribution < 1.29 is 0 Å². The van der Waals surface area contributed by atoms with Crippen LogP contribution in [0.4, 0.5) is 0 Å². The van der Waals surface area contributed by atoms with Gasteiger partial charge in [-0.15, -0.1) is 0 Å². The Hall–Kier alpha value is -1.35. The summed E-state index contributed by atoms with van der Waals surface area (Å²) in [6.45, 7) is 0. The lowest BCUT2D eigenvalue weighted by atomic mass is 10.4. The molecule has 104 valence electrons. The lowest BCUT2D eigenvalue weighted by molar-refractivity contribution is 1.33. The fourth-order valence-electron chi connectivity index (χ4n) is 1.84. The summed E-state index contributed by atoms with van der Waals surface area (Å²) in [7, 11) is 0. The topological polar surface area (TPSA) is 0 Å². The van der Waals surface area contributed by atoms with Crippen LogP contribution in [0.1, 0.15) is 0 Å². The predicted molar refractivity (Wildman–Crippen MR) is 92.6 cm³/mol. The van der Waals surface area contributed by atoms with Gasteiger partial charge in [0.2, 0.25) is 0 Å². The molecule has 0 aromatic heterocycles. The molecule has 0 nitrogen and oxygen atoms in total. The Kier molecular flexibility index (Phi) is 4.91. The summed E-state index contributed by atoms with van der Waals surface area (Å²) in [5.41, 5.74) is 0. The van der Waals surface area contributed by atoms with Crippen molar-refractivity contribution in [3.8, 4) is 0 Å². The van der Waals surface area contributed by atoms with E-state index >= 15 is 0 Å². The summed E-state index contributed by atoms with van der Waals surface area (Å²) >= 11 is 9.42. The summed E-state index contributed by atoms with van der Waals surface area (Å²) in [6, 6.07) is 27.0. The Morgan fingerprint density at radius 2 is 0.857 bits per heavy atom. The lowest BCUT2D eigenvalue weighted by Gasteiger charge is -2.04. The first-order chi connectivity index (χ1) is 10.3. The van der Waals surface area contributed by atoms with E-state index in [9.17, 15) is 0 Å². The number of hydrogen-bond acceptors (Lipinski definition) is 2. The van der Waals surface area contributed by atoms with Gasteiger partial charge in [0.15, 0.2) is 0 Å². The molecule has 3 rings (SSSR count). The van der Waals surface area contributed by atoms with Crippen LogP contribution < -0.4 is 0 Å². The molecular formula is C18H13ClS2. The Labute approximate surface area is 138 Å². The molecule has 0 unspecified atom stereocenters.